The number of carbonyl (C=O) groups is 2. The zero-order chi connectivity index (χ0) is 17.2. The molecule has 0 unspecified atom stereocenters. The molecule has 1 aliphatic carbocycles. The first-order chi connectivity index (χ1) is 12.2. The van der Waals surface area contributed by atoms with Crippen LogP contribution in [0.5, 0.6) is 0 Å². The molecular formula is C21H18N2O2. The highest BCUT2D eigenvalue weighted by Crippen LogP contribution is 2.30. The molecule has 1 N–H and O–H groups in total. The van der Waals surface area contributed by atoms with Crippen molar-refractivity contribution >= 4 is 11.7 Å². The van der Waals surface area contributed by atoms with Crippen molar-refractivity contribution in [2.24, 2.45) is 0 Å². The summed E-state index contributed by atoms with van der Waals surface area (Å²) in [6.45, 7) is 0. The first-order valence-corrected chi connectivity index (χ1v) is 8.43. The molecule has 0 spiro atoms. The average molecular weight is 330 g/mol. The molecule has 4 rings (SSSR count). The number of nitrogens with zero attached hydrogens (tertiary/aromatic N) is 1. The van der Waals surface area contributed by atoms with E-state index < -0.39 is 0 Å². The molecule has 25 heavy (non-hydrogen) atoms. The molecule has 124 valence electrons. The van der Waals surface area contributed by atoms with Gasteiger partial charge in [0.15, 0.2) is 5.78 Å². The Kier molecular flexibility index (Phi) is 3.94. The summed E-state index contributed by atoms with van der Waals surface area (Å²) in [5.41, 5.74) is 6.99. The number of Topliss-reactive ketones (excluding diaryl/α,β-unsaturated/α-hetero) is 1. The van der Waals surface area contributed by atoms with Crippen molar-refractivity contribution in [2.75, 3.05) is 5.43 Å². The van der Waals surface area contributed by atoms with E-state index >= 15 is 0 Å². The minimum atomic E-state index is -0.186. The topological polar surface area (TPSA) is 51.1 Å². The molecule has 0 saturated heterocycles. The summed E-state index contributed by atoms with van der Waals surface area (Å²) in [7, 11) is 0. The molecule has 1 aromatic heterocycles. The number of nitrogens with one attached hydrogen (secondary N) is 1. The van der Waals surface area contributed by atoms with Crippen LogP contribution in [0.3, 0.4) is 0 Å². The lowest BCUT2D eigenvalue weighted by Crippen LogP contribution is -2.26. The summed E-state index contributed by atoms with van der Waals surface area (Å²) < 4.78 is 1.79. The van der Waals surface area contributed by atoms with E-state index in [2.05, 4.69) is 5.43 Å². The fourth-order valence-electron chi connectivity index (χ4n) is 3.29. The summed E-state index contributed by atoms with van der Waals surface area (Å²) >= 11 is 0. The lowest BCUT2D eigenvalue weighted by Gasteiger charge is -2.17. The monoisotopic (exact) mass is 330 g/mol. The van der Waals surface area contributed by atoms with Gasteiger partial charge in [0.05, 0.1) is 11.4 Å². The SMILES string of the molecule is O=C(Nn1c(-c2ccccc2)cc2c1CCCC2=O)c1ccccc1. The van der Waals surface area contributed by atoms with Gasteiger partial charge in [-0.25, -0.2) is 0 Å². The van der Waals surface area contributed by atoms with E-state index in [-0.39, 0.29) is 11.7 Å². The Labute approximate surface area is 146 Å². The van der Waals surface area contributed by atoms with Crippen LogP contribution in [0.25, 0.3) is 11.3 Å². The summed E-state index contributed by atoms with van der Waals surface area (Å²) in [5, 5.41) is 0. The smallest absolute Gasteiger partial charge is 0.270 e. The van der Waals surface area contributed by atoms with Crippen LogP contribution in [0.4, 0.5) is 0 Å². The van der Waals surface area contributed by atoms with Crippen molar-refractivity contribution in [3.05, 3.63) is 83.6 Å². The predicted molar refractivity (Wildman–Crippen MR) is 97.3 cm³/mol. The van der Waals surface area contributed by atoms with E-state index in [1.165, 1.54) is 0 Å². The molecule has 0 saturated carbocycles. The number of amides is 1. The highest BCUT2D eigenvalue weighted by molar-refractivity contribution is 6.02. The van der Waals surface area contributed by atoms with E-state index in [0.717, 1.165) is 35.4 Å². The summed E-state index contributed by atoms with van der Waals surface area (Å²) in [4.78, 5) is 25.0. The third-order valence-electron chi connectivity index (χ3n) is 4.54. The number of hydrogen-bond donors (Lipinski definition) is 1. The van der Waals surface area contributed by atoms with Gasteiger partial charge in [-0.05, 0) is 31.0 Å². The van der Waals surface area contributed by atoms with Gasteiger partial charge in [0, 0.05) is 23.1 Å². The number of carbonyl (C=O) groups excluding carboxylic acids is 2. The van der Waals surface area contributed by atoms with E-state index in [4.69, 9.17) is 0 Å². The third-order valence-corrected chi connectivity index (χ3v) is 4.54. The molecule has 2 aromatic carbocycles. The minimum absolute atomic E-state index is 0.145. The number of aromatic nitrogens is 1. The first kappa shape index (κ1) is 15.4. The van der Waals surface area contributed by atoms with Gasteiger partial charge in [-0.15, -0.1) is 0 Å². The Morgan fingerprint density at radius 1 is 0.920 bits per heavy atom. The van der Waals surface area contributed by atoms with Crippen molar-refractivity contribution < 1.29 is 9.59 Å². The van der Waals surface area contributed by atoms with Crippen LogP contribution < -0.4 is 5.43 Å². The van der Waals surface area contributed by atoms with Gasteiger partial charge in [-0.2, -0.15) is 0 Å². The predicted octanol–water partition coefficient (Wildman–Crippen LogP) is 4.06. The van der Waals surface area contributed by atoms with Crippen molar-refractivity contribution in [1.29, 1.82) is 0 Å². The number of benzene rings is 2. The largest absolute Gasteiger partial charge is 0.294 e. The second-order valence-corrected chi connectivity index (χ2v) is 6.18. The fourth-order valence-corrected chi connectivity index (χ4v) is 3.29. The van der Waals surface area contributed by atoms with Crippen LogP contribution in [0.1, 0.15) is 39.3 Å². The standard InChI is InChI=1S/C21H18N2O2/c24-20-13-7-12-18-17(20)14-19(15-8-3-1-4-9-15)23(18)22-21(25)16-10-5-2-6-11-16/h1-6,8-11,14H,7,12-13H2,(H,22,25). The Morgan fingerprint density at radius 2 is 1.60 bits per heavy atom. The van der Waals surface area contributed by atoms with Gasteiger partial charge < -0.3 is 0 Å². The van der Waals surface area contributed by atoms with Crippen molar-refractivity contribution in [2.45, 2.75) is 19.3 Å². The van der Waals surface area contributed by atoms with Crippen LogP contribution in [0, 0.1) is 0 Å². The molecule has 0 atom stereocenters. The molecule has 3 aromatic rings. The second-order valence-electron chi connectivity index (χ2n) is 6.18. The van der Waals surface area contributed by atoms with Gasteiger partial charge in [0.2, 0.25) is 0 Å². The van der Waals surface area contributed by atoms with Crippen LogP contribution in [0.2, 0.25) is 0 Å². The maximum atomic E-state index is 12.6. The third kappa shape index (κ3) is 2.87. The second kappa shape index (κ2) is 6.40. The zero-order valence-electron chi connectivity index (χ0n) is 13.7. The lowest BCUT2D eigenvalue weighted by molar-refractivity contribution is 0.0966. The number of rotatable bonds is 3. The van der Waals surface area contributed by atoms with Crippen molar-refractivity contribution in [3.8, 4) is 11.3 Å². The quantitative estimate of drug-likeness (QED) is 0.787. The number of ketones is 1. The molecule has 0 aliphatic heterocycles. The van der Waals surface area contributed by atoms with Gasteiger partial charge in [-0.1, -0.05) is 48.5 Å². The number of fused-ring (bicyclic) bond motifs is 1. The number of hydrogen-bond acceptors (Lipinski definition) is 2. The molecule has 0 bridgehead atoms. The Balaban J connectivity index is 1.80. The van der Waals surface area contributed by atoms with E-state index in [0.29, 0.717) is 12.0 Å². The molecule has 1 heterocycles. The minimum Gasteiger partial charge on any atom is -0.294 e. The molecule has 0 fully saturated rings. The average Bonchev–Trinajstić information content (AvgIpc) is 3.03. The van der Waals surface area contributed by atoms with Gasteiger partial charge in [-0.3, -0.25) is 19.7 Å². The molecule has 4 nitrogen and oxygen atoms in total. The highest BCUT2D eigenvalue weighted by Gasteiger charge is 2.25. The van der Waals surface area contributed by atoms with Gasteiger partial charge >= 0.3 is 0 Å². The van der Waals surface area contributed by atoms with E-state index in [1.807, 2.05) is 54.6 Å². The molecule has 1 aliphatic rings. The fraction of sp³-hybridized carbons (Fsp3) is 0.143. The van der Waals surface area contributed by atoms with E-state index in [1.54, 1.807) is 16.8 Å². The van der Waals surface area contributed by atoms with Gasteiger partial charge in [0.25, 0.3) is 5.91 Å². The Hall–Kier alpha value is -3.14. The van der Waals surface area contributed by atoms with Crippen LogP contribution in [0.15, 0.2) is 66.7 Å². The highest BCUT2D eigenvalue weighted by atomic mass is 16.2. The molecular weight excluding hydrogens is 312 g/mol. The maximum absolute atomic E-state index is 12.6. The lowest BCUT2D eigenvalue weighted by atomic mass is 9.96. The Bertz CT molecular complexity index is 927. The zero-order valence-corrected chi connectivity index (χ0v) is 13.7. The normalized spacial score (nSPS) is 13.4. The molecule has 0 radical (unpaired) electrons. The molecule has 1 amide bonds. The first-order valence-electron chi connectivity index (χ1n) is 8.43. The molecule has 4 heteroatoms. The van der Waals surface area contributed by atoms with Crippen molar-refractivity contribution in [3.63, 3.8) is 0 Å². The summed E-state index contributed by atoms with van der Waals surface area (Å²) in [5.74, 6) is -0.0413. The van der Waals surface area contributed by atoms with Gasteiger partial charge in [0.1, 0.15) is 0 Å². The van der Waals surface area contributed by atoms with Crippen LogP contribution >= 0.6 is 0 Å². The van der Waals surface area contributed by atoms with E-state index in [9.17, 15) is 9.59 Å². The summed E-state index contributed by atoms with van der Waals surface area (Å²) in [6.07, 6.45) is 2.16. The Morgan fingerprint density at radius 3 is 2.32 bits per heavy atom. The van der Waals surface area contributed by atoms with Crippen LogP contribution in [-0.4, -0.2) is 16.4 Å². The maximum Gasteiger partial charge on any atom is 0.270 e. The van der Waals surface area contributed by atoms with Crippen molar-refractivity contribution in [1.82, 2.24) is 4.68 Å². The summed E-state index contributed by atoms with van der Waals surface area (Å²) in [6, 6.07) is 20.8. The van der Waals surface area contributed by atoms with Crippen LogP contribution in [-0.2, 0) is 6.42 Å².